The minimum atomic E-state index is -3.92. The van der Waals surface area contributed by atoms with Gasteiger partial charge in [-0.1, -0.05) is 104 Å². The van der Waals surface area contributed by atoms with E-state index in [4.69, 9.17) is 27.9 Å². The van der Waals surface area contributed by atoms with E-state index in [1.807, 2.05) is 74.5 Å². The summed E-state index contributed by atoms with van der Waals surface area (Å²) in [5, 5.41) is 3.61. The number of carbonyl (C=O) groups is 2. The summed E-state index contributed by atoms with van der Waals surface area (Å²) >= 11 is 12.5. The summed E-state index contributed by atoms with van der Waals surface area (Å²) in [5.41, 5.74) is 2.75. The van der Waals surface area contributed by atoms with Crippen molar-refractivity contribution in [2.24, 2.45) is 5.92 Å². The van der Waals surface area contributed by atoms with E-state index in [2.05, 4.69) is 5.32 Å². The number of carbonyl (C=O) groups excluding carboxylic acids is 2. The standard InChI is InChI=1S/C36H39Cl2N3O5S/c1-26(2)22-39-36(43)34(21-27-10-6-4-7-11-27)40(23-29-14-19-32(37)33(38)20-29)35(42)24-41(47(3,44)45)30-15-17-31(18-16-30)46-25-28-12-8-5-9-13-28/h4-20,26,34H,21-25H2,1-3H3,(H,39,43)/t34-/m1/s1. The minimum Gasteiger partial charge on any atom is -0.489 e. The molecule has 248 valence electrons. The summed E-state index contributed by atoms with van der Waals surface area (Å²) in [6, 6.07) is 29.6. The number of halogens is 2. The van der Waals surface area contributed by atoms with E-state index in [9.17, 15) is 18.0 Å². The molecule has 0 fully saturated rings. The summed E-state index contributed by atoms with van der Waals surface area (Å²) in [6.07, 6.45) is 1.25. The Labute approximate surface area is 287 Å². The van der Waals surface area contributed by atoms with Gasteiger partial charge in [-0.2, -0.15) is 0 Å². The Morgan fingerprint density at radius 1 is 0.809 bits per heavy atom. The van der Waals surface area contributed by atoms with Crippen LogP contribution < -0.4 is 14.4 Å². The van der Waals surface area contributed by atoms with Crippen LogP contribution in [0.15, 0.2) is 103 Å². The monoisotopic (exact) mass is 695 g/mol. The fourth-order valence-electron chi connectivity index (χ4n) is 4.87. The van der Waals surface area contributed by atoms with Crippen LogP contribution >= 0.6 is 23.2 Å². The molecule has 8 nitrogen and oxygen atoms in total. The molecule has 0 unspecified atom stereocenters. The number of hydrogen-bond donors (Lipinski definition) is 1. The van der Waals surface area contributed by atoms with Gasteiger partial charge >= 0.3 is 0 Å². The van der Waals surface area contributed by atoms with Gasteiger partial charge in [-0.25, -0.2) is 8.42 Å². The van der Waals surface area contributed by atoms with E-state index in [-0.39, 0.29) is 30.5 Å². The Kier molecular flexibility index (Phi) is 12.7. The molecular weight excluding hydrogens is 657 g/mol. The highest BCUT2D eigenvalue weighted by Gasteiger charge is 2.33. The fourth-order valence-corrected chi connectivity index (χ4v) is 6.04. The zero-order chi connectivity index (χ0) is 34.0. The normalized spacial score (nSPS) is 12.0. The highest BCUT2D eigenvalue weighted by molar-refractivity contribution is 7.92. The number of hydrogen-bond acceptors (Lipinski definition) is 5. The maximum atomic E-state index is 14.3. The topological polar surface area (TPSA) is 96.0 Å². The number of anilines is 1. The smallest absolute Gasteiger partial charge is 0.244 e. The highest BCUT2D eigenvalue weighted by Crippen LogP contribution is 2.26. The number of nitrogens with zero attached hydrogens (tertiary/aromatic N) is 2. The van der Waals surface area contributed by atoms with E-state index in [1.165, 1.54) is 4.90 Å². The van der Waals surface area contributed by atoms with Crippen molar-refractivity contribution in [1.29, 1.82) is 0 Å². The molecule has 0 aliphatic carbocycles. The first-order chi connectivity index (χ1) is 22.4. The lowest BCUT2D eigenvalue weighted by atomic mass is 10.0. The summed E-state index contributed by atoms with van der Waals surface area (Å²) < 4.78 is 33.1. The average Bonchev–Trinajstić information content (AvgIpc) is 3.05. The Balaban J connectivity index is 1.65. The molecule has 0 aliphatic rings. The lowest BCUT2D eigenvalue weighted by molar-refractivity contribution is -0.140. The number of amides is 2. The molecular formula is C36H39Cl2N3O5S. The van der Waals surface area contributed by atoms with Gasteiger partial charge in [-0.3, -0.25) is 13.9 Å². The van der Waals surface area contributed by atoms with Crippen LogP contribution in [-0.2, 0) is 39.2 Å². The van der Waals surface area contributed by atoms with Crippen molar-refractivity contribution in [2.75, 3.05) is 23.7 Å². The molecule has 1 N–H and O–H groups in total. The van der Waals surface area contributed by atoms with E-state index in [0.29, 0.717) is 34.5 Å². The SMILES string of the molecule is CC(C)CNC(=O)[C@@H](Cc1ccccc1)N(Cc1ccc(Cl)c(Cl)c1)C(=O)CN(c1ccc(OCc2ccccc2)cc1)S(C)(=O)=O. The Morgan fingerprint density at radius 3 is 2.00 bits per heavy atom. The summed E-state index contributed by atoms with van der Waals surface area (Å²) in [4.78, 5) is 29.5. The fraction of sp³-hybridized carbons (Fsp3) is 0.278. The molecule has 11 heteroatoms. The third-order valence-electron chi connectivity index (χ3n) is 7.34. The first kappa shape index (κ1) is 35.8. The molecule has 0 saturated heterocycles. The Hall–Kier alpha value is -4.05. The molecule has 0 spiro atoms. The highest BCUT2D eigenvalue weighted by atomic mass is 35.5. The lowest BCUT2D eigenvalue weighted by Gasteiger charge is -2.33. The van der Waals surface area contributed by atoms with Crippen molar-refractivity contribution < 1.29 is 22.7 Å². The van der Waals surface area contributed by atoms with Crippen LogP contribution in [0.5, 0.6) is 5.75 Å². The van der Waals surface area contributed by atoms with Gasteiger partial charge in [-0.15, -0.1) is 0 Å². The third kappa shape index (κ3) is 10.7. The van der Waals surface area contributed by atoms with Crippen molar-refractivity contribution >= 4 is 50.7 Å². The molecule has 0 aromatic heterocycles. The largest absolute Gasteiger partial charge is 0.489 e. The quantitative estimate of drug-likeness (QED) is 0.148. The van der Waals surface area contributed by atoms with Gasteiger partial charge in [0.25, 0.3) is 0 Å². The Morgan fingerprint density at radius 2 is 1.43 bits per heavy atom. The van der Waals surface area contributed by atoms with Crippen LogP contribution in [0.25, 0.3) is 0 Å². The molecule has 2 amide bonds. The maximum absolute atomic E-state index is 14.3. The van der Waals surface area contributed by atoms with E-state index in [0.717, 1.165) is 21.7 Å². The van der Waals surface area contributed by atoms with E-state index >= 15 is 0 Å². The molecule has 0 saturated carbocycles. The van der Waals surface area contributed by atoms with E-state index in [1.54, 1.807) is 42.5 Å². The predicted octanol–water partition coefficient (Wildman–Crippen LogP) is 6.75. The second-order valence-electron chi connectivity index (χ2n) is 11.7. The predicted molar refractivity (Wildman–Crippen MR) is 188 cm³/mol. The van der Waals surface area contributed by atoms with Crippen LogP contribution in [0.1, 0.15) is 30.5 Å². The summed E-state index contributed by atoms with van der Waals surface area (Å²) in [5.74, 6) is -0.187. The number of benzene rings is 4. The molecule has 4 aromatic rings. The van der Waals surface area contributed by atoms with Gasteiger partial charge in [-0.05, 0) is 59.0 Å². The zero-order valence-electron chi connectivity index (χ0n) is 26.6. The van der Waals surface area contributed by atoms with Crippen LogP contribution in [0.3, 0.4) is 0 Å². The summed E-state index contributed by atoms with van der Waals surface area (Å²) in [7, 11) is -3.92. The molecule has 4 aromatic carbocycles. The van der Waals surface area contributed by atoms with Gasteiger partial charge in [0.1, 0.15) is 24.9 Å². The zero-order valence-corrected chi connectivity index (χ0v) is 28.9. The number of rotatable bonds is 15. The van der Waals surface area contributed by atoms with Crippen LogP contribution in [0.2, 0.25) is 10.0 Å². The van der Waals surface area contributed by atoms with Crippen LogP contribution in [0.4, 0.5) is 5.69 Å². The van der Waals surface area contributed by atoms with Gasteiger partial charge in [0.2, 0.25) is 21.8 Å². The second-order valence-corrected chi connectivity index (χ2v) is 14.4. The molecule has 1 atom stereocenters. The molecule has 47 heavy (non-hydrogen) atoms. The van der Waals surface area contributed by atoms with Crippen LogP contribution in [-0.4, -0.2) is 50.5 Å². The van der Waals surface area contributed by atoms with Gasteiger partial charge < -0.3 is 15.0 Å². The molecule has 0 radical (unpaired) electrons. The van der Waals surface area contributed by atoms with Crippen molar-refractivity contribution in [2.45, 2.75) is 39.5 Å². The molecule has 4 rings (SSSR count). The average molecular weight is 697 g/mol. The number of sulfonamides is 1. The first-order valence-electron chi connectivity index (χ1n) is 15.2. The third-order valence-corrected chi connectivity index (χ3v) is 9.22. The lowest BCUT2D eigenvalue weighted by Crippen LogP contribution is -2.53. The minimum absolute atomic E-state index is 0.00775. The molecule has 0 aliphatic heterocycles. The number of ether oxygens (including phenoxy) is 1. The van der Waals surface area contributed by atoms with Gasteiger partial charge in [0, 0.05) is 19.5 Å². The van der Waals surface area contributed by atoms with E-state index < -0.39 is 28.5 Å². The van der Waals surface area contributed by atoms with Crippen molar-refractivity contribution in [3.05, 3.63) is 130 Å². The Bertz CT molecular complexity index is 1740. The van der Waals surface area contributed by atoms with Crippen molar-refractivity contribution in [3.63, 3.8) is 0 Å². The van der Waals surface area contributed by atoms with Gasteiger partial charge in [0.15, 0.2) is 0 Å². The molecule has 0 heterocycles. The first-order valence-corrected chi connectivity index (χ1v) is 17.8. The van der Waals surface area contributed by atoms with Crippen molar-refractivity contribution in [3.8, 4) is 5.75 Å². The second kappa shape index (κ2) is 16.7. The maximum Gasteiger partial charge on any atom is 0.244 e. The molecule has 0 bridgehead atoms. The summed E-state index contributed by atoms with van der Waals surface area (Å²) in [6.45, 7) is 4.17. The number of nitrogens with one attached hydrogen (secondary N) is 1. The van der Waals surface area contributed by atoms with Crippen molar-refractivity contribution in [1.82, 2.24) is 10.2 Å². The van der Waals surface area contributed by atoms with Gasteiger partial charge in [0.05, 0.1) is 22.0 Å². The van der Waals surface area contributed by atoms with Crippen LogP contribution in [0, 0.1) is 5.92 Å².